The number of hydrogen-bond acceptors (Lipinski definition) is 6. The molecule has 6 aromatic rings. The van der Waals surface area contributed by atoms with Crippen molar-refractivity contribution in [1.29, 1.82) is 5.26 Å². The number of anilines is 2. The Morgan fingerprint density at radius 1 is 0.745 bits per heavy atom. The third kappa shape index (κ3) is 8.88. The average molecular weight is 705 g/mol. The molecule has 9 heteroatoms. The minimum atomic E-state index is -0.510. The van der Waals surface area contributed by atoms with Crippen LogP contribution in [0.4, 0.5) is 10.7 Å². The Morgan fingerprint density at radius 2 is 1.37 bits per heavy atom. The van der Waals surface area contributed by atoms with Gasteiger partial charge in [-0.2, -0.15) is 5.26 Å². The zero-order chi connectivity index (χ0) is 35.6. The molecule has 3 N–H and O–H groups in total. The molecule has 0 aliphatic heterocycles. The number of nitriles is 1. The number of thioether (sulfide) groups is 1. The second kappa shape index (κ2) is 16.5. The average Bonchev–Trinajstić information content (AvgIpc) is 3.58. The van der Waals surface area contributed by atoms with Crippen molar-refractivity contribution in [1.82, 2.24) is 5.32 Å². The van der Waals surface area contributed by atoms with E-state index in [9.17, 15) is 19.6 Å². The number of nitrogens with zero attached hydrogens (tertiary/aromatic N) is 1. The van der Waals surface area contributed by atoms with Crippen LogP contribution in [0.25, 0.3) is 28.3 Å². The van der Waals surface area contributed by atoms with Gasteiger partial charge in [-0.3, -0.25) is 14.4 Å². The van der Waals surface area contributed by atoms with Crippen LogP contribution in [0.3, 0.4) is 0 Å². The molecule has 7 nitrogen and oxygen atoms in total. The Kier molecular flexibility index (Phi) is 11.2. The summed E-state index contributed by atoms with van der Waals surface area (Å²) in [6.07, 6.45) is 1.64. The fraction of sp³-hybridized carbons (Fsp3) is 0.0476. The van der Waals surface area contributed by atoms with Crippen molar-refractivity contribution < 1.29 is 14.4 Å². The highest BCUT2D eigenvalue weighted by Gasteiger charge is 2.20. The molecular formula is C42H32N4O3S2. The van der Waals surface area contributed by atoms with Crippen LogP contribution in [0.1, 0.15) is 28.4 Å². The maximum Gasteiger partial charge on any atom is 0.272 e. The van der Waals surface area contributed by atoms with Crippen molar-refractivity contribution in [3.63, 3.8) is 0 Å². The van der Waals surface area contributed by atoms with Crippen LogP contribution in [0.2, 0.25) is 0 Å². The van der Waals surface area contributed by atoms with Gasteiger partial charge in [0.25, 0.3) is 11.8 Å². The topological polar surface area (TPSA) is 111 Å². The van der Waals surface area contributed by atoms with E-state index in [1.165, 1.54) is 23.1 Å². The second-order valence-corrected chi connectivity index (χ2v) is 13.7. The van der Waals surface area contributed by atoms with E-state index >= 15 is 0 Å². The molecule has 0 aliphatic rings. The first-order valence-electron chi connectivity index (χ1n) is 16.1. The van der Waals surface area contributed by atoms with Crippen LogP contribution in [0, 0.1) is 11.3 Å². The van der Waals surface area contributed by atoms with Crippen molar-refractivity contribution in [2.75, 3.05) is 10.6 Å². The van der Waals surface area contributed by atoms with Gasteiger partial charge in [0.15, 0.2) is 0 Å². The summed E-state index contributed by atoms with van der Waals surface area (Å²) in [6, 6.07) is 45.4. The number of amides is 3. The van der Waals surface area contributed by atoms with E-state index in [4.69, 9.17) is 0 Å². The van der Waals surface area contributed by atoms with Crippen LogP contribution in [0.15, 0.2) is 155 Å². The molecule has 0 saturated carbocycles. The van der Waals surface area contributed by atoms with Crippen molar-refractivity contribution in [2.45, 2.75) is 17.1 Å². The maximum absolute atomic E-state index is 13.7. The van der Waals surface area contributed by atoms with Gasteiger partial charge in [0, 0.05) is 27.1 Å². The van der Waals surface area contributed by atoms with E-state index in [-0.39, 0.29) is 11.6 Å². The Bertz CT molecular complexity index is 2230. The summed E-state index contributed by atoms with van der Waals surface area (Å²) in [4.78, 5) is 40.8. The summed E-state index contributed by atoms with van der Waals surface area (Å²) < 4.78 is 0. The first kappa shape index (κ1) is 34.6. The molecule has 250 valence electrons. The first-order chi connectivity index (χ1) is 24.9. The predicted molar refractivity (Wildman–Crippen MR) is 207 cm³/mol. The van der Waals surface area contributed by atoms with Gasteiger partial charge in [0.05, 0.1) is 10.8 Å². The number of rotatable bonds is 11. The number of hydrogen-bond donors (Lipinski definition) is 3. The van der Waals surface area contributed by atoms with Gasteiger partial charge in [-0.25, -0.2) is 0 Å². The number of carbonyl (C=O) groups excluding carboxylic acids is 3. The summed E-state index contributed by atoms with van der Waals surface area (Å²) >= 11 is 2.64. The molecule has 51 heavy (non-hydrogen) atoms. The van der Waals surface area contributed by atoms with Crippen LogP contribution < -0.4 is 16.0 Å². The SMILES string of the molecule is CC(Sc1cccc(NC(=O)/C(=C\c2ccc(-c3ccccc3)cc2)NC(=O)c2ccccc2)c1)C(=O)Nc1scc(-c2ccccc2)c1C#N. The predicted octanol–water partition coefficient (Wildman–Crippen LogP) is 9.48. The molecule has 0 aliphatic carbocycles. The standard InChI is InChI=1S/C42H32N4O3S2/c1-28(39(47)46-42-36(26-43)37(27-50-42)32-14-7-3-8-15-32)51-35-19-11-18-34(25-35)44-41(49)38(45-40(48)33-16-9-4-10-17-33)24-29-20-22-31(23-21-29)30-12-5-2-6-13-30/h2-25,27-28H,1H3,(H,44,49)(H,45,48)(H,46,47)/b38-24+. The van der Waals surface area contributed by atoms with Crippen LogP contribution in [-0.2, 0) is 9.59 Å². The van der Waals surface area contributed by atoms with Crippen molar-refractivity contribution in [2.24, 2.45) is 0 Å². The van der Waals surface area contributed by atoms with Gasteiger partial charge in [-0.15, -0.1) is 23.1 Å². The maximum atomic E-state index is 13.7. The van der Waals surface area contributed by atoms with Crippen molar-refractivity contribution in [3.8, 4) is 28.3 Å². The summed E-state index contributed by atoms with van der Waals surface area (Å²) in [6.45, 7) is 1.78. The minimum absolute atomic E-state index is 0.0706. The lowest BCUT2D eigenvalue weighted by Crippen LogP contribution is -2.30. The molecule has 6 rings (SSSR count). The van der Waals surface area contributed by atoms with E-state index in [0.29, 0.717) is 21.8 Å². The highest BCUT2D eigenvalue weighted by Crippen LogP contribution is 2.36. The molecule has 0 bridgehead atoms. The fourth-order valence-electron chi connectivity index (χ4n) is 5.22. The molecule has 0 saturated heterocycles. The lowest BCUT2D eigenvalue weighted by atomic mass is 10.0. The van der Waals surface area contributed by atoms with Gasteiger partial charge in [0.1, 0.15) is 16.8 Å². The van der Waals surface area contributed by atoms with Crippen LogP contribution >= 0.6 is 23.1 Å². The van der Waals surface area contributed by atoms with E-state index in [0.717, 1.165) is 32.7 Å². The molecule has 3 amide bonds. The van der Waals surface area contributed by atoms with E-state index in [2.05, 4.69) is 22.0 Å². The zero-order valence-electron chi connectivity index (χ0n) is 27.5. The van der Waals surface area contributed by atoms with Crippen molar-refractivity contribution >= 4 is 57.6 Å². The van der Waals surface area contributed by atoms with Gasteiger partial charge in [-0.05, 0) is 65.6 Å². The first-order valence-corrected chi connectivity index (χ1v) is 17.8. The summed E-state index contributed by atoms with van der Waals surface area (Å²) in [7, 11) is 0. The van der Waals surface area contributed by atoms with Gasteiger partial charge in [-0.1, -0.05) is 109 Å². The monoisotopic (exact) mass is 704 g/mol. The Labute approximate surface area is 304 Å². The lowest BCUT2D eigenvalue weighted by Gasteiger charge is -2.14. The third-order valence-electron chi connectivity index (χ3n) is 7.86. The van der Waals surface area contributed by atoms with Gasteiger partial charge < -0.3 is 16.0 Å². The normalized spacial score (nSPS) is 11.6. The van der Waals surface area contributed by atoms with E-state index < -0.39 is 17.1 Å². The van der Waals surface area contributed by atoms with Crippen LogP contribution in [0.5, 0.6) is 0 Å². The number of nitrogens with one attached hydrogen (secondary N) is 3. The number of benzene rings is 5. The fourth-order valence-corrected chi connectivity index (χ4v) is 7.07. The second-order valence-electron chi connectivity index (χ2n) is 11.4. The van der Waals surface area contributed by atoms with E-state index in [1.807, 2.05) is 102 Å². The smallest absolute Gasteiger partial charge is 0.272 e. The highest BCUT2D eigenvalue weighted by molar-refractivity contribution is 8.00. The Hall–Kier alpha value is -6.21. The summed E-state index contributed by atoms with van der Waals surface area (Å²) in [5.41, 5.74) is 5.93. The molecule has 0 fully saturated rings. The lowest BCUT2D eigenvalue weighted by molar-refractivity contribution is -0.115. The van der Waals surface area contributed by atoms with Crippen LogP contribution in [-0.4, -0.2) is 23.0 Å². The number of thiophene rings is 1. The third-order valence-corrected chi connectivity index (χ3v) is 9.85. The molecule has 1 aromatic heterocycles. The Balaban J connectivity index is 1.16. The van der Waals surface area contributed by atoms with E-state index in [1.54, 1.807) is 55.5 Å². The van der Waals surface area contributed by atoms with Gasteiger partial charge >= 0.3 is 0 Å². The summed E-state index contributed by atoms with van der Waals surface area (Å²) in [5.74, 6) is -1.17. The minimum Gasteiger partial charge on any atom is -0.321 e. The molecule has 1 heterocycles. The number of carbonyl (C=O) groups is 3. The molecule has 0 spiro atoms. The zero-order valence-corrected chi connectivity index (χ0v) is 29.1. The molecule has 1 atom stereocenters. The van der Waals surface area contributed by atoms with Gasteiger partial charge in [0.2, 0.25) is 5.91 Å². The van der Waals surface area contributed by atoms with Crippen molar-refractivity contribution in [3.05, 3.63) is 167 Å². The largest absolute Gasteiger partial charge is 0.321 e. The molecule has 5 aromatic carbocycles. The summed E-state index contributed by atoms with van der Waals surface area (Å²) in [5, 5.41) is 20.3. The molecule has 0 radical (unpaired) electrons. The quantitative estimate of drug-likeness (QED) is 0.0919. The molecule has 1 unspecified atom stereocenters. The highest BCUT2D eigenvalue weighted by atomic mass is 32.2. The molecular weight excluding hydrogens is 673 g/mol. The Morgan fingerprint density at radius 3 is 2.04 bits per heavy atom.